The van der Waals surface area contributed by atoms with E-state index in [0.717, 1.165) is 5.69 Å². The second-order valence-corrected chi connectivity index (χ2v) is 6.16. The summed E-state index contributed by atoms with van der Waals surface area (Å²) in [5, 5.41) is 4.41. The molecule has 19 heavy (non-hydrogen) atoms. The van der Waals surface area contributed by atoms with Crippen molar-refractivity contribution in [3.05, 3.63) is 40.2 Å². The standard InChI is InChI=1S/C14H16Cl2N2O/c1-14(2,3)17-7-9-8-19-13(18-9)12-10(15)5-4-6-11(12)16/h4-6,8,17H,7H2,1-3H3. The average Bonchev–Trinajstić information content (AvgIpc) is 2.74. The van der Waals surface area contributed by atoms with Crippen LogP contribution in [-0.2, 0) is 6.54 Å². The molecule has 0 amide bonds. The Bertz CT molecular complexity index is 553. The van der Waals surface area contributed by atoms with Crippen LogP contribution < -0.4 is 5.32 Å². The van der Waals surface area contributed by atoms with Gasteiger partial charge in [-0.05, 0) is 32.9 Å². The summed E-state index contributed by atoms with van der Waals surface area (Å²) in [7, 11) is 0. The van der Waals surface area contributed by atoms with Gasteiger partial charge in [0.1, 0.15) is 6.26 Å². The molecule has 1 N–H and O–H groups in total. The van der Waals surface area contributed by atoms with E-state index in [4.69, 9.17) is 27.6 Å². The molecule has 0 unspecified atom stereocenters. The zero-order valence-electron chi connectivity index (χ0n) is 11.1. The van der Waals surface area contributed by atoms with Gasteiger partial charge in [-0.3, -0.25) is 0 Å². The maximum Gasteiger partial charge on any atom is 0.229 e. The van der Waals surface area contributed by atoms with Crippen LogP contribution >= 0.6 is 23.2 Å². The van der Waals surface area contributed by atoms with Crippen LogP contribution in [0.15, 0.2) is 28.9 Å². The predicted molar refractivity (Wildman–Crippen MR) is 78.6 cm³/mol. The molecule has 102 valence electrons. The lowest BCUT2D eigenvalue weighted by Gasteiger charge is -2.19. The highest BCUT2D eigenvalue weighted by atomic mass is 35.5. The van der Waals surface area contributed by atoms with Gasteiger partial charge >= 0.3 is 0 Å². The van der Waals surface area contributed by atoms with Gasteiger partial charge in [0.25, 0.3) is 0 Å². The fourth-order valence-electron chi connectivity index (χ4n) is 1.56. The van der Waals surface area contributed by atoms with E-state index in [1.807, 2.05) is 0 Å². The summed E-state index contributed by atoms with van der Waals surface area (Å²) < 4.78 is 5.46. The summed E-state index contributed by atoms with van der Waals surface area (Å²) in [5.74, 6) is 0.446. The first kappa shape index (κ1) is 14.4. The molecule has 3 nitrogen and oxygen atoms in total. The van der Waals surface area contributed by atoms with Crippen molar-refractivity contribution in [3.8, 4) is 11.5 Å². The van der Waals surface area contributed by atoms with Crippen molar-refractivity contribution < 1.29 is 4.42 Å². The first-order chi connectivity index (χ1) is 8.87. The first-order valence-electron chi connectivity index (χ1n) is 6.00. The van der Waals surface area contributed by atoms with Crippen LogP contribution in [0, 0.1) is 0 Å². The fraction of sp³-hybridized carbons (Fsp3) is 0.357. The zero-order chi connectivity index (χ0) is 14.0. The third kappa shape index (κ3) is 3.72. The minimum absolute atomic E-state index is 0.0289. The molecule has 0 aliphatic carbocycles. The molecule has 0 spiro atoms. The van der Waals surface area contributed by atoms with Crippen molar-refractivity contribution in [1.82, 2.24) is 10.3 Å². The molecule has 0 aliphatic rings. The quantitative estimate of drug-likeness (QED) is 0.904. The van der Waals surface area contributed by atoms with Gasteiger partial charge in [-0.25, -0.2) is 4.98 Å². The van der Waals surface area contributed by atoms with Crippen LogP contribution in [0.2, 0.25) is 10.0 Å². The van der Waals surface area contributed by atoms with E-state index in [1.165, 1.54) is 0 Å². The van der Waals surface area contributed by atoms with Crippen molar-refractivity contribution >= 4 is 23.2 Å². The molecule has 0 fully saturated rings. The molecule has 0 radical (unpaired) electrons. The molecular weight excluding hydrogens is 283 g/mol. The molecule has 5 heteroatoms. The Balaban J connectivity index is 2.22. The molecule has 1 heterocycles. The summed E-state index contributed by atoms with van der Waals surface area (Å²) >= 11 is 12.2. The Hall–Kier alpha value is -1.03. The summed E-state index contributed by atoms with van der Waals surface area (Å²) in [4.78, 5) is 4.41. The smallest absolute Gasteiger partial charge is 0.229 e. The minimum Gasteiger partial charge on any atom is -0.444 e. The molecule has 0 atom stereocenters. The average molecular weight is 299 g/mol. The van der Waals surface area contributed by atoms with E-state index in [1.54, 1.807) is 24.5 Å². The van der Waals surface area contributed by atoms with Crippen LogP contribution in [0.3, 0.4) is 0 Å². The van der Waals surface area contributed by atoms with E-state index in [9.17, 15) is 0 Å². The van der Waals surface area contributed by atoms with Gasteiger partial charge in [0.15, 0.2) is 0 Å². The molecule has 2 rings (SSSR count). The van der Waals surface area contributed by atoms with E-state index >= 15 is 0 Å². The molecule has 0 saturated heterocycles. The van der Waals surface area contributed by atoms with Gasteiger partial charge in [-0.2, -0.15) is 0 Å². The minimum atomic E-state index is 0.0289. The number of hydrogen-bond donors (Lipinski definition) is 1. The van der Waals surface area contributed by atoms with E-state index in [0.29, 0.717) is 28.0 Å². The Kier molecular flexibility index (Phi) is 4.19. The van der Waals surface area contributed by atoms with Crippen molar-refractivity contribution in [1.29, 1.82) is 0 Å². The van der Waals surface area contributed by atoms with Crippen LogP contribution in [0.1, 0.15) is 26.5 Å². The van der Waals surface area contributed by atoms with Crippen molar-refractivity contribution in [2.45, 2.75) is 32.9 Å². The number of nitrogens with one attached hydrogen (secondary N) is 1. The van der Waals surface area contributed by atoms with Gasteiger partial charge in [0, 0.05) is 12.1 Å². The number of hydrogen-bond acceptors (Lipinski definition) is 3. The Morgan fingerprint density at radius 3 is 2.42 bits per heavy atom. The molecule has 0 aliphatic heterocycles. The normalized spacial score (nSPS) is 11.8. The number of rotatable bonds is 3. The second-order valence-electron chi connectivity index (χ2n) is 5.34. The molecule has 0 saturated carbocycles. The van der Waals surface area contributed by atoms with Crippen molar-refractivity contribution in [2.75, 3.05) is 0 Å². The van der Waals surface area contributed by atoms with E-state index < -0.39 is 0 Å². The van der Waals surface area contributed by atoms with Crippen molar-refractivity contribution in [2.24, 2.45) is 0 Å². The second kappa shape index (κ2) is 5.53. The number of halogens is 2. The third-order valence-corrected chi connectivity index (χ3v) is 3.16. The molecule has 0 bridgehead atoms. The fourth-order valence-corrected chi connectivity index (χ4v) is 2.12. The largest absolute Gasteiger partial charge is 0.444 e. The topological polar surface area (TPSA) is 38.1 Å². The number of nitrogens with zero attached hydrogens (tertiary/aromatic N) is 1. The lowest BCUT2D eigenvalue weighted by Crippen LogP contribution is -2.35. The Morgan fingerprint density at radius 2 is 1.84 bits per heavy atom. The van der Waals surface area contributed by atoms with Crippen LogP contribution in [0.4, 0.5) is 0 Å². The maximum absolute atomic E-state index is 6.12. The van der Waals surface area contributed by atoms with Crippen LogP contribution in [0.5, 0.6) is 0 Å². The molecule has 2 aromatic rings. The highest BCUT2D eigenvalue weighted by molar-refractivity contribution is 6.38. The molecular formula is C14H16Cl2N2O. The summed E-state index contributed by atoms with van der Waals surface area (Å²) in [5.41, 5.74) is 1.48. The van der Waals surface area contributed by atoms with Gasteiger partial charge in [0.2, 0.25) is 5.89 Å². The number of oxazole rings is 1. The lowest BCUT2D eigenvalue weighted by molar-refractivity contribution is 0.421. The van der Waals surface area contributed by atoms with E-state index in [2.05, 4.69) is 31.1 Å². The lowest BCUT2D eigenvalue weighted by atomic mass is 10.1. The Morgan fingerprint density at radius 1 is 1.21 bits per heavy atom. The first-order valence-corrected chi connectivity index (χ1v) is 6.76. The highest BCUT2D eigenvalue weighted by Gasteiger charge is 2.15. The summed E-state index contributed by atoms with van der Waals surface area (Å²) in [6, 6.07) is 5.32. The zero-order valence-corrected chi connectivity index (χ0v) is 12.6. The molecule has 1 aromatic heterocycles. The van der Waals surface area contributed by atoms with Crippen LogP contribution in [-0.4, -0.2) is 10.5 Å². The van der Waals surface area contributed by atoms with Gasteiger partial charge < -0.3 is 9.73 Å². The van der Waals surface area contributed by atoms with E-state index in [-0.39, 0.29) is 5.54 Å². The third-order valence-electron chi connectivity index (χ3n) is 2.53. The molecule has 1 aromatic carbocycles. The highest BCUT2D eigenvalue weighted by Crippen LogP contribution is 2.33. The SMILES string of the molecule is CC(C)(C)NCc1coc(-c2c(Cl)cccc2Cl)n1. The monoisotopic (exact) mass is 298 g/mol. The maximum atomic E-state index is 6.12. The van der Waals surface area contributed by atoms with Gasteiger partial charge in [0.05, 0.1) is 21.3 Å². The Labute approximate surface area is 122 Å². The van der Waals surface area contributed by atoms with Crippen molar-refractivity contribution in [3.63, 3.8) is 0 Å². The number of aromatic nitrogens is 1. The van der Waals surface area contributed by atoms with Crippen LogP contribution in [0.25, 0.3) is 11.5 Å². The predicted octanol–water partition coefficient (Wildman–Crippen LogP) is 4.54. The van der Waals surface area contributed by atoms with Gasteiger partial charge in [-0.15, -0.1) is 0 Å². The summed E-state index contributed by atoms with van der Waals surface area (Å²) in [6.07, 6.45) is 1.62. The van der Waals surface area contributed by atoms with Gasteiger partial charge in [-0.1, -0.05) is 29.3 Å². The summed E-state index contributed by atoms with van der Waals surface area (Å²) in [6.45, 7) is 6.92. The number of benzene rings is 1.